The van der Waals surface area contributed by atoms with Crippen molar-refractivity contribution in [2.24, 2.45) is 0 Å². The lowest BCUT2D eigenvalue weighted by molar-refractivity contribution is 0.193. The van der Waals surface area contributed by atoms with Crippen LogP contribution in [0.5, 0.6) is 5.75 Å². The molecule has 0 aromatic heterocycles. The first-order valence-electron chi connectivity index (χ1n) is 6.98. The average molecular weight is 280 g/mol. The summed E-state index contributed by atoms with van der Waals surface area (Å²) in [5.74, 6) is 0.824. The van der Waals surface area contributed by atoms with Crippen LogP contribution in [0.15, 0.2) is 24.3 Å². The van der Waals surface area contributed by atoms with E-state index >= 15 is 0 Å². The van der Waals surface area contributed by atoms with Gasteiger partial charge in [0.05, 0.1) is 6.54 Å². The minimum Gasteiger partial charge on any atom is -0.492 e. The zero-order valence-corrected chi connectivity index (χ0v) is 12.3. The summed E-state index contributed by atoms with van der Waals surface area (Å²) in [7, 11) is 1.64. The van der Waals surface area contributed by atoms with Crippen molar-refractivity contribution in [1.29, 1.82) is 0 Å². The Bertz CT molecular complexity index is 379. The molecule has 0 fully saturated rings. The fraction of sp³-hybridized carbons (Fsp3) is 0.533. The second-order valence-corrected chi connectivity index (χ2v) is 4.37. The van der Waals surface area contributed by atoms with Crippen LogP contribution in [0.1, 0.15) is 18.9 Å². The van der Waals surface area contributed by atoms with Crippen LogP contribution in [0.2, 0.25) is 0 Å². The molecule has 0 saturated carbocycles. The highest BCUT2D eigenvalue weighted by atomic mass is 16.5. The Balaban J connectivity index is 2.07. The summed E-state index contributed by atoms with van der Waals surface area (Å²) in [6.45, 7) is 4.31. The van der Waals surface area contributed by atoms with E-state index < -0.39 is 0 Å². The Morgan fingerprint density at radius 3 is 2.45 bits per heavy atom. The maximum atomic E-state index is 11.4. The molecule has 0 atom stereocenters. The van der Waals surface area contributed by atoms with Gasteiger partial charge in [0.2, 0.25) is 0 Å². The van der Waals surface area contributed by atoms with Crippen molar-refractivity contribution >= 4 is 6.03 Å². The fourth-order valence-electron chi connectivity index (χ4n) is 1.64. The number of aryl methyl sites for hydroxylation is 1. The molecular formula is C15H24N2O3. The predicted octanol–water partition coefficient (Wildman–Crippen LogP) is 1.96. The molecule has 5 heteroatoms. The summed E-state index contributed by atoms with van der Waals surface area (Å²) < 4.78 is 10.4. The molecule has 1 rings (SSSR count). The summed E-state index contributed by atoms with van der Waals surface area (Å²) in [4.78, 5) is 11.4. The van der Waals surface area contributed by atoms with Crippen molar-refractivity contribution in [2.45, 2.75) is 19.8 Å². The van der Waals surface area contributed by atoms with Gasteiger partial charge in [0.1, 0.15) is 12.4 Å². The maximum absolute atomic E-state index is 11.4. The first-order valence-corrected chi connectivity index (χ1v) is 6.98. The van der Waals surface area contributed by atoms with Crippen LogP contribution in [0, 0.1) is 0 Å². The first-order chi connectivity index (χ1) is 9.76. The zero-order valence-electron chi connectivity index (χ0n) is 12.3. The third-order valence-corrected chi connectivity index (χ3v) is 2.80. The highest BCUT2D eigenvalue weighted by Gasteiger charge is 1.99. The van der Waals surface area contributed by atoms with Crippen molar-refractivity contribution < 1.29 is 14.3 Å². The van der Waals surface area contributed by atoms with Crippen LogP contribution < -0.4 is 15.4 Å². The molecule has 0 radical (unpaired) electrons. The largest absolute Gasteiger partial charge is 0.492 e. The number of carbonyl (C=O) groups excluding carboxylic acids is 1. The van der Waals surface area contributed by atoms with E-state index in [9.17, 15) is 4.79 Å². The average Bonchev–Trinajstić information content (AvgIpc) is 2.49. The van der Waals surface area contributed by atoms with E-state index in [4.69, 9.17) is 9.47 Å². The molecule has 0 unspecified atom stereocenters. The Labute approximate surface area is 120 Å². The fourth-order valence-corrected chi connectivity index (χ4v) is 1.64. The third kappa shape index (κ3) is 6.99. The molecule has 0 aliphatic rings. The second-order valence-electron chi connectivity index (χ2n) is 4.37. The van der Waals surface area contributed by atoms with Crippen LogP contribution in [-0.4, -0.2) is 39.4 Å². The molecule has 1 aromatic rings. The van der Waals surface area contributed by atoms with Gasteiger partial charge in [0.15, 0.2) is 0 Å². The molecule has 20 heavy (non-hydrogen) atoms. The topological polar surface area (TPSA) is 59.6 Å². The lowest BCUT2D eigenvalue weighted by Crippen LogP contribution is -2.38. The van der Waals surface area contributed by atoms with E-state index in [1.165, 1.54) is 5.56 Å². The molecule has 0 heterocycles. The summed E-state index contributed by atoms with van der Waals surface area (Å²) in [6.07, 6.45) is 1.83. The standard InChI is InChI=1S/C15H24N2O3/c1-3-13-5-7-14(8-6-13)20-12-10-17-15(18)16-9-4-11-19-2/h5-8H,3-4,9-12H2,1-2H3,(H2,16,17,18). The normalized spacial score (nSPS) is 10.1. The summed E-state index contributed by atoms with van der Waals surface area (Å²) in [5.41, 5.74) is 1.28. The van der Waals surface area contributed by atoms with Gasteiger partial charge < -0.3 is 20.1 Å². The van der Waals surface area contributed by atoms with Crippen molar-refractivity contribution in [1.82, 2.24) is 10.6 Å². The van der Waals surface area contributed by atoms with E-state index in [0.29, 0.717) is 26.3 Å². The molecule has 0 saturated heterocycles. The van der Waals surface area contributed by atoms with Crippen molar-refractivity contribution in [3.63, 3.8) is 0 Å². The highest BCUT2D eigenvalue weighted by Crippen LogP contribution is 2.11. The molecule has 0 spiro atoms. The summed E-state index contributed by atoms with van der Waals surface area (Å²) in [6, 6.07) is 7.81. The van der Waals surface area contributed by atoms with Crippen LogP contribution in [0.4, 0.5) is 4.79 Å². The number of carbonyl (C=O) groups is 1. The SMILES string of the molecule is CCc1ccc(OCCNC(=O)NCCCOC)cc1. The van der Waals surface area contributed by atoms with Crippen molar-refractivity contribution in [3.05, 3.63) is 29.8 Å². The van der Waals surface area contributed by atoms with E-state index in [-0.39, 0.29) is 6.03 Å². The Morgan fingerprint density at radius 1 is 1.10 bits per heavy atom. The van der Waals surface area contributed by atoms with Gasteiger partial charge in [-0.15, -0.1) is 0 Å². The number of benzene rings is 1. The maximum Gasteiger partial charge on any atom is 0.314 e. The van der Waals surface area contributed by atoms with Gasteiger partial charge in [-0.2, -0.15) is 0 Å². The third-order valence-electron chi connectivity index (χ3n) is 2.80. The van der Waals surface area contributed by atoms with E-state index in [1.807, 2.05) is 24.3 Å². The number of hydrogen-bond donors (Lipinski definition) is 2. The monoisotopic (exact) mass is 280 g/mol. The molecule has 2 N–H and O–H groups in total. The van der Waals surface area contributed by atoms with Gasteiger partial charge >= 0.3 is 6.03 Å². The quantitative estimate of drug-likeness (QED) is 0.680. The van der Waals surface area contributed by atoms with Crippen molar-refractivity contribution in [3.8, 4) is 5.75 Å². The number of amides is 2. The van der Waals surface area contributed by atoms with E-state index in [1.54, 1.807) is 7.11 Å². The van der Waals surface area contributed by atoms with Gasteiger partial charge in [-0.25, -0.2) is 4.79 Å². The van der Waals surface area contributed by atoms with Crippen molar-refractivity contribution in [2.75, 3.05) is 33.4 Å². The smallest absolute Gasteiger partial charge is 0.314 e. The number of ether oxygens (including phenoxy) is 2. The van der Waals surface area contributed by atoms with E-state index in [0.717, 1.165) is 18.6 Å². The first kappa shape index (κ1) is 16.3. The second kappa shape index (κ2) is 10.1. The Kier molecular flexibility index (Phi) is 8.22. The molecule has 5 nitrogen and oxygen atoms in total. The predicted molar refractivity (Wildman–Crippen MR) is 79.2 cm³/mol. The van der Waals surface area contributed by atoms with Gasteiger partial charge in [0.25, 0.3) is 0 Å². The molecule has 0 bridgehead atoms. The molecule has 0 aliphatic carbocycles. The zero-order chi connectivity index (χ0) is 14.6. The highest BCUT2D eigenvalue weighted by molar-refractivity contribution is 5.73. The lowest BCUT2D eigenvalue weighted by atomic mass is 10.2. The molecule has 1 aromatic carbocycles. The molecule has 112 valence electrons. The van der Waals surface area contributed by atoms with Crippen LogP contribution in [-0.2, 0) is 11.2 Å². The number of urea groups is 1. The Hall–Kier alpha value is -1.75. The van der Waals surface area contributed by atoms with Gasteiger partial charge in [-0.05, 0) is 30.5 Å². The Morgan fingerprint density at radius 2 is 1.80 bits per heavy atom. The number of nitrogens with one attached hydrogen (secondary N) is 2. The van der Waals surface area contributed by atoms with Crippen LogP contribution >= 0.6 is 0 Å². The van der Waals surface area contributed by atoms with Gasteiger partial charge in [-0.3, -0.25) is 0 Å². The minimum atomic E-state index is -0.175. The van der Waals surface area contributed by atoms with E-state index in [2.05, 4.69) is 17.6 Å². The molecule has 0 aliphatic heterocycles. The molecular weight excluding hydrogens is 256 g/mol. The summed E-state index contributed by atoms with van der Waals surface area (Å²) in [5, 5.41) is 5.48. The minimum absolute atomic E-state index is 0.175. The van der Waals surface area contributed by atoms with Gasteiger partial charge in [0, 0.05) is 20.3 Å². The number of hydrogen-bond acceptors (Lipinski definition) is 3. The van der Waals surface area contributed by atoms with Crippen LogP contribution in [0.25, 0.3) is 0 Å². The van der Waals surface area contributed by atoms with Crippen LogP contribution in [0.3, 0.4) is 0 Å². The van der Waals surface area contributed by atoms with Gasteiger partial charge in [-0.1, -0.05) is 19.1 Å². The summed E-state index contributed by atoms with van der Waals surface area (Å²) >= 11 is 0. The molecule has 2 amide bonds. The lowest BCUT2D eigenvalue weighted by Gasteiger charge is -2.09. The number of rotatable bonds is 9. The number of methoxy groups -OCH3 is 1.